The zero-order chi connectivity index (χ0) is 15.2. The zero-order valence-corrected chi connectivity index (χ0v) is 12.0. The van der Waals surface area contributed by atoms with Crippen molar-refractivity contribution in [3.63, 3.8) is 0 Å². The van der Waals surface area contributed by atoms with Crippen LogP contribution in [-0.4, -0.2) is 42.4 Å². The number of imide groups is 1. The Morgan fingerprint density at radius 3 is 2.86 bits per heavy atom. The molecule has 1 aliphatic heterocycles. The van der Waals surface area contributed by atoms with Crippen molar-refractivity contribution in [1.29, 1.82) is 0 Å². The maximum Gasteiger partial charge on any atom is 0.324 e. The van der Waals surface area contributed by atoms with Crippen LogP contribution in [0.1, 0.15) is 17.5 Å². The molecule has 0 saturated carbocycles. The van der Waals surface area contributed by atoms with Gasteiger partial charge in [0, 0.05) is 13.1 Å². The van der Waals surface area contributed by atoms with Crippen LogP contribution in [-0.2, 0) is 16.0 Å². The van der Waals surface area contributed by atoms with Gasteiger partial charge < -0.3 is 10.6 Å². The number of aryl methyl sites for hydroxylation is 1. The first-order valence-electron chi connectivity index (χ1n) is 6.96. The first-order chi connectivity index (χ1) is 10.1. The highest BCUT2D eigenvalue weighted by Crippen LogP contribution is 2.04. The molecule has 1 aliphatic rings. The second-order valence-electron chi connectivity index (χ2n) is 5.07. The zero-order valence-electron chi connectivity index (χ0n) is 12.0. The average molecular weight is 289 g/mol. The van der Waals surface area contributed by atoms with Gasteiger partial charge in [0.25, 0.3) is 0 Å². The summed E-state index contributed by atoms with van der Waals surface area (Å²) in [5, 5.41) is 5.25. The van der Waals surface area contributed by atoms with Crippen molar-refractivity contribution in [2.45, 2.75) is 19.8 Å². The van der Waals surface area contributed by atoms with E-state index in [-0.39, 0.29) is 24.4 Å². The van der Waals surface area contributed by atoms with E-state index in [2.05, 4.69) is 10.6 Å². The number of carbonyl (C=O) groups is 3. The molecule has 1 saturated heterocycles. The lowest BCUT2D eigenvalue weighted by Crippen LogP contribution is -2.34. The van der Waals surface area contributed by atoms with Gasteiger partial charge in [-0.2, -0.15) is 0 Å². The fraction of sp³-hybridized carbons (Fsp3) is 0.400. The number of carbonyl (C=O) groups excluding carboxylic acids is 3. The molecule has 2 N–H and O–H groups in total. The molecule has 0 spiro atoms. The number of rotatable bonds is 6. The molecule has 1 aromatic carbocycles. The Morgan fingerprint density at radius 1 is 1.38 bits per heavy atom. The normalized spacial score (nSPS) is 14.2. The van der Waals surface area contributed by atoms with Gasteiger partial charge in [0.05, 0.1) is 13.0 Å². The number of amides is 4. The number of urea groups is 1. The Morgan fingerprint density at radius 2 is 2.19 bits per heavy atom. The standard InChI is InChI=1S/C15H19N3O3/c1-11-4-2-5-12(8-11)9-13(19)16-6-3-7-18-14(20)10-17-15(18)21/h2,4-5,8H,3,6-7,9-10H2,1H3,(H,16,19)(H,17,21). The molecule has 112 valence electrons. The van der Waals surface area contributed by atoms with Crippen LogP contribution in [0.4, 0.5) is 4.79 Å². The highest BCUT2D eigenvalue weighted by Gasteiger charge is 2.27. The van der Waals surface area contributed by atoms with Crippen LogP contribution in [0.2, 0.25) is 0 Å². The SMILES string of the molecule is Cc1cccc(CC(=O)NCCCN2C(=O)CNC2=O)c1. The first-order valence-corrected chi connectivity index (χ1v) is 6.96. The second kappa shape index (κ2) is 6.88. The molecule has 6 heteroatoms. The van der Waals surface area contributed by atoms with Crippen molar-refractivity contribution < 1.29 is 14.4 Å². The molecule has 0 atom stereocenters. The van der Waals surface area contributed by atoms with E-state index in [0.29, 0.717) is 25.9 Å². The lowest BCUT2D eigenvalue weighted by molar-refractivity contribution is -0.125. The Hall–Kier alpha value is -2.37. The van der Waals surface area contributed by atoms with E-state index in [1.807, 2.05) is 31.2 Å². The topological polar surface area (TPSA) is 78.5 Å². The van der Waals surface area contributed by atoms with Crippen LogP contribution >= 0.6 is 0 Å². The summed E-state index contributed by atoms with van der Waals surface area (Å²) in [5.74, 6) is -0.274. The minimum absolute atomic E-state index is 0.0576. The molecule has 0 unspecified atom stereocenters. The number of nitrogens with one attached hydrogen (secondary N) is 2. The van der Waals surface area contributed by atoms with Gasteiger partial charge in [-0.05, 0) is 18.9 Å². The highest BCUT2D eigenvalue weighted by atomic mass is 16.2. The van der Waals surface area contributed by atoms with Crippen LogP contribution in [0.3, 0.4) is 0 Å². The van der Waals surface area contributed by atoms with Gasteiger partial charge >= 0.3 is 6.03 Å². The molecule has 0 bridgehead atoms. The lowest BCUT2D eigenvalue weighted by atomic mass is 10.1. The van der Waals surface area contributed by atoms with E-state index in [9.17, 15) is 14.4 Å². The molecule has 6 nitrogen and oxygen atoms in total. The summed E-state index contributed by atoms with van der Waals surface area (Å²) in [7, 11) is 0. The van der Waals surface area contributed by atoms with Gasteiger partial charge in [-0.15, -0.1) is 0 Å². The largest absolute Gasteiger partial charge is 0.356 e. The van der Waals surface area contributed by atoms with E-state index >= 15 is 0 Å². The Labute approximate surface area is 123 Å². The van der Waals surface area contributed by atoms with Crippen molar-refractivity contribution in [1.82, 2.24) is 15.5 Å². The van der Waals surface area contributed by atoms with E-state index < -0.39 is 0 Å². The molecule has 0 aliphatic carbocycles. The van der Waals surface area contributed by atoms with Crippen LogP contribution in [0.15, 0.2) is 24.3 Å². The van der Waals surface area contributed by atoms with Crippen molar-refractivity contribution in [2.75, 3.05) is 19.6 Å². The summed E-state index contributed by atoms with van der Waals surface area (Å²) in [4.78, 5) is 35.6. The fourth-order valence-corrected chi connectivity index (χ4v) is 2.22. The van der Waals surface area contributed by atoms with Crippen LogP contribution in [0.5, 0.6) is 0 Å². The van der Waals surface area contributed by atoms with Gasteiger partial charge in [0.15, 0.2) is 0 Å². The quantitative estimate of drug-likeness (QED) is 0.594. The lowest BCUT2D eigenvalue weighted by Gasteiger charge is -2.12. The van der Waals surface area contributed by atoms with Gasteiger partial charge in [-0.25, -0.2) is 4.79 Å². The van der Waals surface area contributed by atoms with E-state index in [0.717, 1.165) is 11.1 Å². The van der Waals surface area contributed by atoms with Crippen molar-refractivity contribution in [3.8, 4) is 0 Å². The number of nitrogens with zero attached hydrogens (tertiary/aromatic N) is 1. The molecule has 1 heterocycles. The Bertz CT molecular complexity index is 541. The van der Waals surface area contributed by atoms with Crippen molar-refractivity contribution in [2.24, 2.45) is 0 Å². The minimum atomic E-state index is -0.355. The molecular formula is C15H19N3O3. The third-order valence-electron chi connectivity index (χ3n) is 3.26. The van der Waals surface area contributed by atoms with Gasteiger partial charge in [-0.3, -0.25) is 14.5 Å². The Balaban J connectivity index is 1.68. The summed E-state index contributed by atoms with van der Waals surface area (Å²) in [6.45, 7) is 2.83. The molecule has 0 radical (unpaired) electrons. The minimum Gasteiger partial charge on any atom is -0.356 e. The molecular weight excluding hydrogens is 270 g/mol. The predicted molar refractivity (Wildman–Crippen MR) is 77.6 cm³/mol. The van der Waals surface area contributed by atoms with Crippen LogP contribution in [0, 0.1) is 6.92 Å². The average Bonchev–Trinajstić information content (AvgIpc) is 2.75. The van der Waals surface area contributed by atoms with Crippen molar-refractivity contribution in [3.05, 3.63) is 35.4 Å². The van der Waals surface area contributed by atoms with E-state index in [1.165, 1.54) is 4.90 Å². The van der Waals surface area contributed by atoms with E-state index in [1.54, 1.807) is 0 Å². The molecule has 2 rings (SSSR count). The maximum atomic E-state index is 11.8. The van der Waals surface area contributed by atoms with E-state index in [4.69, 9.17) is 0 Å². The smallest absolute Gasteiger partial charge is 0.324 e. The fourth-order valence-electron chi connectivity index (χ4n) is 2.22. The molecule has 1 fully saturated rings. The monoisotopic (exact) mass is 289 g/mol. The predicted octanol–water partition coefficient (Wildman–Crippen LogP) is 0.596. The molecule has 0 aromatic heterocycles. The van der Waals surface area contributed by atoms with Crippen LogP contribution in [0.25, 0.3) is 0 Å². The summed E-state index contributed by atoms with van der Waals surface area (Å²) >= 11 is 0. The van der Waals surface area contributed by atoms with Gasteiger partial charge in [-0.1, -0.05) is 29.8 Å². The summed E-state index contributed by atoms with van der Waals surface area (Å²) < 4.78 is 0. The van der Waals surface area contributed by atoms with Gasteiger partial charge in [0.1, 0.15) is 0 Å². The second-order valence-corrected chi connectivity index (χ2v) is 5.07. The number of benzene rings is 1. The third-order valence-corrected chi connectivity index (χ3v) is 3.26. The molecule has 21 heavy (non-hydrogen) atoms. The Kier molecular flexibility index (Phi) is 4.92. The third kappa shape index (κ3) is 4.30. The summed E-state index contributed by atoms with van der Waals surface area (Å²) in [6.07, 6.45) is 0.892. The molecule has 1 aromatic rings. The molecule has 4 amide bonds. The maximum absolute atomic E-state index is 11.8. The van der Waals surface area contributed by atoms with Crippen LogP contribution < -0.4 is 10.6 Å². The van der Waals surface area contributed by atoms with Crippen molar-refractivity contribution >= 4 is 17.8 Å². The number of hydrogen-bond acceptors (Lipinski definition) is 3. The summed E-state index contributed by atoms with van der Waals surface area (Å²) in [5.41, 5.74) is 2.10. The summed E-state index contributed by atoms with van der Waals surface area (Å²) in [6, 6.07) is 7.45. The van der Waals surface area contributed by atoms with Gasteiger partial charge in [0.2, 0.25) is 11.8 Å². The first kappa shape index (κ1) is 15.0. The highest BCUT2D eigenvalue weighted by molar-refractivity contribution is 6.01. The number of hydrogen-bond donors (Lipinski definition) is 2.